The highest BCUT2D eigenvalue weighted by Crippen LogP contribution is 2.27. The molecule has 3 aromatic rings. The van der Waals surface area contributed by atoms with E-state index in [1.807, 2.05) is 18.2 Å². The zero-order valence-electron chi connectivity index (χ0n) is 17.5. The summed E-state index contributed by atoms with van der Waals surface area (Å²) >= 11 is 0. The van der Waals surface area contributed by atoms with Crippen LogP contribution in [-0.4, -0.2) is 51.8 Å². The summed E-state index contributed by atoms with van der Waals surface area (Å²) in [5, 5.41) is 6.18. The third-order valence-corrected chi connectivity index (χ3v) is 5.38. The Kier molecular flexibility index (Phi) is 6.18. The summed E-state index contributed by atoms with van der Waals surface area (Å²) < 4.78 is 12.0. The van der Waals surface area contributed by atoms with Gasteiger partial charge in [0.1, 0.15) is 0 Å². The van der Waals surface area contributed by atoms with E-state index in [2.05, 4.69) is 25.3 Å². The number of hydrogen-bond acceptors (Lipinski definition) is 7. The van der Waals surface area contributed by atoms with Crippen molar-refractivity contribution in [3.05, 3.63) is 45.9 Å². The van der Waals surface area contributed by atoms with Gasteiger partial charge in [0.25, 0.3) is 11.3 Å². The molecule has 1 aliphatic rings. The summed E-state index contributed by atoms with van der Waals surface area (Å²) in [6.45, 7) is 3.31. The van der Waals surface area contributed by atoms with Crippen LogP contribution in [0.4, 0.5) is 5.95 Å². The molecule has 3 heterocycles. The van der Waals surface area contributed by atoms with Gasteiger partial charge in [-0.05, 0) is 43.6 Å². The molecule has 30 heavy (non-hydrogen) atoms. The van der Waals surface area contributed by atoms with Gasteiger partial charge in [-0.2, -0.15) is 9.50 Å². The van der Waals surface area contributed by atoms with Gasteiger partial charge in [-0.25, -0.2) is 4.98 Å². The number of benzene rings is 1. The number of aromatic amines is 1. The lowest BCUT2D eigenvalue weighted by Gasteiger charge is -2.18. The van der Waals surface area contributed by atoms with Crippen LogP contribution in [0.3, 0.4) is 0 Å². The van der Waals surface area contributed by atoms with Crippen molar-refractivity contribution < 1.29 is 9.47 Å². The molecule has 0 radical (unpaired) electrons. The maximum atomic E-state index is 12.5. The molecule has 1 aromatic carbocycles. The number of methoxy groups -OCH3 is 2. The number of rotatable bonds is 7. The maximum absolute atomic E-state index is 12.5. The Balaban J connectivity index is 1.48. The van der Waals surface area contributed by atoms with Crippen molar-refractivity contribution in [1.29, 1.82) is 0 Å². The summed E-state index contributed by atoms with van der Waals surface area (Å²) in [7, 11) is 3.21. The van der Waals surface area contributed by atoms with Crippen molar-refractivity contribution in [2.75, 3.05) is 32.6 Å². The summed E-state index contributed by atoms with van der Waals surface area (Å²) in [6, 6.07) is 7.29. The molecule has 1 saturated heterocycles. The van der Waals surface area contributed by atoms with Crippen LogP contribution in [0.25, 0.3) is 5.78 Å². The number of nitrogens with zero attached hydrogens (tertiary/aromatic N) is 4. The predicted molar refractivity (Wildman–Crippen MR) is 114 cm³/mol. The number of anilines is 1. The summed E-state index contributed by atoms with van der Waals surface area (Å²) in [5.41, 5.74) is 1.60. The molecule has 0 saturated carbocycles. The third kappa shape index (κ3) is 4.56. The van der Waals surface area contributed by atoms with Crippen LogP contribution in [0.2, 0.25) is 0 Å². The van der Waals surface area contributed by atoms with Gasteiger partial charge in [0, 0.05) is 19.2 Å². The van der Waals surface area contributed by atoms with Gasteiger partial charge in [-0.15, -0.1) is 0 Å². The summed E-state index contributed by atoms with van der Waals surface area (Å²) in [5.74, 6) is 2.21. The number of hydrogen-bond donors (Lipinski definition) is 2. The Labute approximate surface area is 175 Å². The predicted octanol–water partition coefficient (Wildman–Crippen LogP) is 2.42. The molecule has 2 aromatic heterocycles. The first-order chi connectivity index (χ1) is 14.7. The minimum absolute atomic E-state index is 0.156. The van der Waals surface area contributed by atoms with E-state index < -0.39 is 0 Å². The molecule has 0 atom stereocenters. The second-order valence-corrected chi connectivity index (χ2v) is 7.53. The van der Waals surface area contributed by atoms with Gasteiger partial charge in [-0.3, -0.25) is 14.8 Å². The van der Waals surface area contributed by atoms with E-state index >= 15 is 0 Å². The standard InChI is InChI=1S/C21H28N6O3/c1-29-17-8-7-15(11-18(17)30-2)13-22-20-24-21-23-16(12-19(28)27(21)25-20)14-26-9-5-3-4-6-10-26/h7-8,11-12H,3-6,9-10,13-14H2,1-2H3,(H2,22,23,24,25). The fraction of sp³-hybridized carbons (Fsp3) is 0.476. The van der Waals surface area contributed by atoms with Gasteiger partial charge in [-0.1, -0.05) is 18.9 Å². The Morgan fingerprint density at radius 2 is 1.80 bits per heavy atom. The highest BCUT2D eigenvalue weighted by atomic mass is 16.5. The second kappa shape index (κ2) is 9.17. The maximum Gasteiger partial charge on any atom is 0.274 e. The number of H-pyrrole nitrogens is 1. The number of fused-ring (bicyclic) bond motifs is 1. The molecule has 160 valence electrons. The average molecular weight is 412 g/mol. The van der Waals surface area contributed by atoms with E-state index in [9.17, 15) is 4.79 Å². The molecular formula is C21H28N6O3. The number of likely N-dealkylation sites (tertiary alicyclic amines) is 1. The molecule has 1 aliphatic heterocycles. The van der Waals surface area contributed by atoms with Gasteiger partial charge in [0.2, 0.25) is 5.95 Å². The molecule has 0 spiro atoms. The smallest absolute Gasteiger partial charge is 0.274 e. The Hall–Kier alpha value is -3.07. The highest BCUT2D eigenvalue weighted by molar-refractivity contribution is 5.44. The molecule has 0 aliphatic carbocycles. The minimum Gasteiger partial charge on any atom is -0.493 e. The van der Waals surface area contributed by atoms with E-state index in [0.717, 1.165) is 24.3 Å². The number of ether oxygens (including phenoxy) is 2. The molecule has 0 unspecified atom stereocenters. The molecular weight excluding hydrogens is 384 g/mol. The minimum atomic E-state index is -0.156. The lowest BCUT2D eigenvalue weighted by molar-refractivity contribution is 0.273. The topological polar surface area (TPSA) is 96.8 Å². The molecule has 4 rings (SSSR count). The van der Waals surface area contributed by atoms with Crippen molar-refractivity contribution in [1.82, 2.24) is 24.5 Å². The van der Waals surface area contributed by atoms with E-state index in [1.54, 1.807) is 20.3 Å². The zero-order chi connectivity index (χ0) is 20.9. The molecule has 9 nitrogen and oxygen atoms in total. The van der Waals surface area contributed by atoms with Crippen LogP contribution in [0.15, 0.2) is 29.1 Å². The Morgan fingerprint density at radius 1 is 1.03 bits per heavy atom. The lowest BCUT2D eigenvalue weighted by atomic mass is 10.2. The van der Waals surface area contributed by atoms with Crippen LogP contribution in [0, 0.1) is 0 Å². The second-order valence-electron chi connectivity index (χ2n) is 7.53. The summed E-state index contributed by atoms with van der Waals surface area (Å²) in [6.07, 6.45) is 4.96. The highest BCUT2D eigenvalue weighted by Gasteiger charge is 2.13. The van der Waals surface area contributed by atoms with Crippen molar-refractivity contribution in [2.45, 2.75) is 38.8 Å². The average Bonchev–Trinajstić information content (AvgIpc) is 3.00. The molecule has 1 fully saturated rings. The van der Waals surface area contributed by atoms with E-state index in [0.29, 0.717) is 36.3 Å². The largest absolute Gasteiger partial charge is 0.493 e. The fourth-order valence-electron chi connectivity index (χ4n) is 3.79. The lowest BCUT2D eigenvalue weighted by Crippen LogP contribution is -2.26. The monoisotopic (exact) mass is 412 g/mol. The SMILES string of the molecule is COc1ccc(CNc2nc3nc(CN4CCCCCC4)cc(=O)n3[nH]2)cc1OC. The van der Waals surface area contributed by atoms with E-state index in [-0.39, 0.29) is 5.56 Å². The van der Waals surface area contributed by atoms with Gasteiger partial charge < -0.3 is 14.8 Å². The molecule has 2 N–H and O–H groups in total. The zero-order valence-corrected chi connectivity index (χ0v) is 17.5. The van der Waals surface area contributed by atoms with Crippen molar-refractivity contribution in [2.24, 2.45) is 0 Å². The van der Waals surface area contributed by atoms with E-state index in [4.69, 9.17) is 9.47 Å². The molecule has 0 amide bonds. The Morgan fingerprint density at radius 3 is 2.53 bits per heavy atom. The molecule has 9 heteroatoms. The first kappa shape index (κ1) is 20.2. The van der Waals surface area contributed by atoms with Gasteiger partial charge in [0.05, 0.1) is 19.9 Å². The first-order valence-corrected chi connectivity index (χ1v) is 10.3. The third-order valence-electron chi connectivity index (χ3n) is 5.38. The quantitative estimate of drug-likeness (QED) is 0.615. The molecule has 0 bridgehead atoms. The summed E-state index contributed by atoms with van der Waals surface area (Å²) in [4.78, 5) is 23.9. The van der Waals surface area contributed by atoms with Crippen LogP contribution in [0.1, 0.15) is 36.9 Å². The number of nitrogens with one attached hydrogen (secondary N) is 2. The van der Waals surface area contributed by atoms with Crippen LogP contribution < -0.4 is 20.3 Å². The van der Waals surface area contributed by atoms with Crippen LogP contribution >= 0.6 is 0 Å². The van der Waals surface area contributed by atoms with Gasteiger partial charge >= 0.3 is 0 Å². The fourth-order valence-corrected chi connectivity index (χ4v) is 3.79. The van der Waals surface area contributed by atoms with Crippen LogP contribution in [0.5, 0.6) is 11.5 Å². The van der Waals surface area contributed by atoms with Gasteiger partial charge in [0.15, 0.2) is 11.5 Å². The number of aromatic nitrogens is 4. The van der Waals surface area contributed by atoms with Crippen molar-refractivity contribution >= 4 is 11.7 Å². The normalized spacial score (nSPS) is 15.1. The van der Waals surface area contributed by atoms with Crippen molar-refractivity contribution in [3.63, 3.8) is 0 Å². The first-order valence-electron chi connectivity index (χ1n) is 10.3. The Bertz CT molecular complexity index is 1050. The van der Waals surface area contributed by atoms with Crippen LogP contribution in [-0.2, 0) is 13.1 Å². The van der Waals surface area contributed by atoms with E-state index in [1.165, 1.54) is 30.2 Å². The van der Waals surface area contributed by atoms with Crippen molar-refractivity contribution in [3.8, 4) is 11.5 Å².